The zero-order valence-corrected chi connectivity index (χ0v) is 57.4. The van der Waals surface area contributed by atoms with E-state index in [1.54, 1.807) is 12.4 Å². The predicted molar refractivity (Wildman–Crippen MR) is 350 cm³/mol. The summed E-state index contributed by atoms with van der Waals surface area (Å²) in [5, 5.41) is 149. The van der Waals surface area contributed by atoms with Crippen molar-refractivity contribution in [2.24, 2.45) is 68.8 Å². The number of hydrogen-bond donors (Lipinski definition) is 24. The second-order valence-electron chi connectivity index (χ2n) is 28.2. The first kappa shape index (κ1) is 81.7. The lowest BCUT2D eigenvalue weighted by atomic mass is 9.84. The van der Waals surface area contributed by atoms with Crippen LogP contribution in [0.5, 0.6) is 0 Å². The monoisotopic (exact) mass is 1500 g/mol. The summed E-state index contributed by atoms with van der Waals surface area (Å²) in [5.74, 6) is 0. The Hall–Kier alpha value is -3.24. The maximum atomic E-state index is 12.0. The van der Waals surface area contributed by atoms with Gasteiger partial charge in [-0.1, -0.05) is 36.1 Å². The predicted octanol–water partition coefficient (Wildman–Crippen LogP) is -14.8. The van der Waals surface area contributed by atoms with Crippen LogP contribution in [0.1, 0.15) is 62.8 Å². The molecule has 2 aliphatic carbocycles. The standard InChI is InChI=1S/C60H112N18O26/c61-11-27-39(81)43(85)33(69)55(93-27)99-49-25(67)9-23(65)37(79)53(49)103-59-47(89)51(101-57-35(71)45(87)41(83)29(13-63)95-57)31(97-59)17-77-15-21(73-75-77)19-91-7-5-3-1-2-4-6-8-92-20-22-16-78(76-74-22)18-32-52(102-58-36(72)46(88)42(84)30(14-64)96-58)48(90)60(98-32)104-54-38(80)24(66)10-26(68)50(54)100-56-34(70)44(86)40(82)28(12-62)94-56/h15-16,23-60,79-90H,1-14,17-20,61-72H2/t23-,24-,25?,26?,27?,28?,29+,30+,31-,32-,33?,34?,35?,36?,37?,38?,39?,40?,41?,42?,43-,44-,45?,46?,47?,48?,49?,50?,51+,52+,53-,54-,55-,56-,57-,58-,59+,60+/m1/s1/i/hD. The number of ether oxygens (including phenoxy) is 14. The summed E-state index contributed by atoms with van der Waals surface area (Å²) >= 11 is 0. The fourth-order valence-corrected chi connectivity index (χ4v) is 14.3. The minimum atomic E-state index is -1.70. The Morgan fingerprint density at radius 2 is 0.654 bits per heavy atom. The van der Waals surface area contributed by atoms with E-state index in [0.29, 0.717) is 24.6 Å². The Morgan fingerprint density at radius 1 is 0.356 bits per heavy atom. The molecular weight excluding hydrogens is 1390 g/mol. The first-order valence-electron chi connectivity index (χ1n) is 35.9. The van der Waals surface area contributed by atoms with Crippen molar-refractivity contribution in [2.45, 2.75) is 310 Å². The number of nitrogens with zero attached hydrogens (tertiary/aromatic N) is 6. The van der Waals surface area contributed by atoms with Gasteiger partial charge in [0.25, 0.3) is 0 Å². The topological polar surface area (TPSA) is 746 Å². The molecule has 0 aromatic carbocycles. The van der Waals surface area contributed by atoms with Crippen LogP contribution in [-0.4, -0.2) is 363 Å². The molecule has 36 N–H and O–H groups in total. The highest BCUT2D eigenvalue weighted by Crippen LogP contribution is 2.38. The average Bonchev–Trinajstić information content (AvgIpc) is 1.71. The largest absolute Gasteiger partial charge is 0.389 e. The number of hydrogen-bond acceptors (Lipinski definition) is 42. The van der Waals surface area contributed by atoms with Crippen molar-refractivity contribution in [3.8, 4) is 0 Å². The van der Waals surface area contributed by atoms with Crippen LogP contribution >= 0.6 is 0 Å². The van der Waals surface area contributed by atoms with E-state index < -0.39 is 233 Å². The number of aromatic nitrogens is 6. The summed E-state index contributed by atoms with van der Waals surface area (Å²) in [7, 11) is 0. The smallest absolute Gasteiger partial charge is 0.187 e. The lowest BCUT2D eigenvalue weighted by Gasteiger charge is -2.47. The van der Waals surface area contributed by atoms with E-state index in [0.717, 1.165) is 38.5 Å². The molecule has 104 heavy (non-hydrogen) atoms. The van der Waals surface area contributed by atoms with Gasteiger partial charge in [-0.15, -0.1) is 10.2 Å². The van der Waals surface area contributed by atoms with Gasteiger partial charge in [0.15, 0.2) is 37.7 Å². The van der Waals surface area contributed by atoms with E-state index in [4.69, 9.17) is 131 Å². The minimum absolute atomic E-state index is 0.0299. The summed E-state index contributed by atoms with van der Waals surface area (Å²) < 4.78 is 96.2. The molecule has 38 atom stereocenters. The van der Waals surface area contributed by atoms with Crippen molar-refractivity contribution in [1.29, 1.82) is 0 Å². The summed E-state index contributed by atoms with van der Waals surface area (Å²) in [6.07, 6.45) is -33.6. The van der Waals surface area contributed by atoms with Gasteiger partial charge in [-0.3, -0.25) is 0 Å². The number of aliphatic hydroxyl groups excluding tert-OH is 12. The van der Waals surface area contributed by atoms with Crippen molar-refractivity contribution in [3.63, 3.8) is 0 Å². The van der Waals surface area contributed by atoms with E-state index in [1.807, 2.05) is 0 Å². The molecule has 8 aliphatic rings. The lowest BCUT2D eigenvalue weighted by Crippen LogP contribution is -2.68. The maximum absolute atomic E-state index is 12.0. The fourth-order valence-electron chi connectivity index (χ4n) is 14.3. The van der Waals surface area contributed by atoms with Crippen molar-refractivity contribution in [2.75, 3.05) is 39.4 Å². The zero-order valence-electron chi connectivity index (χ0n) is 58.4. The Labute approximate surface area is 599 Å². The first-order valence-corrected chi connectivity index (χ1v) is 35.4. The van der Waals surface area contributed by atoms with E-state index >= 15 is 0 Å². The molecule has 0 spiro atoms. The van der Waals surface area contributed by atoms with Crippen LogP contribution in [0.3, 0.4) is 0 Å². The van der Waals surface area contributed by atoms with E-state index in [-0.39, 0.29) is 65.3 Å². The van der Waals surface area contributed by atoms with Gasteiger partial charge in [0.1, 0.15) is 147 Å². The van der Waals surface area contributed by atoms with Gasteiger partial charge in [0.05, 0.1) is 75.1 Å². The summed E-state index contributed by atoms with van der Waals surface area (Å²) in [6, 6.07) is -9.01. The van der Waals surface area contributed by atoms with E-state index in [2.05, 4.69) is 26.4 Å². The molecule has 6 aliphatic heterocycles. The van der Waals surface area contributed by atoms with Crippen LogP contribution in [-0.2, 0) is 92.6 Å². The maximum Gasteiger partial charge on any atom is 0.187 e. The number of nitrogens with two attached hydrogens (primary N) is 12. The molecule has 10 rings (SSSR count). The highest BCUT2D eigenvalue weighted by Gasteiger charge is 2.58. The SMILES string of the molecule is [2H]NC1C(O)C(O)[C@H](CN)O[C@@H]1O[C@@H]1C(O)[C@H](O[C@H]2C(O[C@H]3OC(CN)C(O)[C@H](O)C3N)C(N)C[C@@H](N)C2O)O[C@@H]1Cn1cc(COCCCCCCCCOCc2cn(C[C@H]3O[C@@H](O[C@H]4C(O[C@H]5OC(CN)C(O)[C@H](O)C5N)C(N)C[C@@H](N)C4O)C(O)[C@H]3O[C@H]3O[C@@H](CN)C(O)C(O)C3N)nn2)nn1. The molecule has 2 saturated carbocycles. The molecule has 8 fully saturated rings. The third kappa shape index (κ3) is 19.2. The highest BCUT2D eigenvalue weighted by molar-refractivity contribution is 5.06. The van der Waals surface area contributed by atoms with Crippen molar-refractivity contribution >= 4 is 0 Å². The van der Waals surface area contributed by atoms with Gasteiger partial charge in [-0.25, -0.2) is 9.36 Å². The molecular formula is C60H112N18O26. The van der Waals surface area contributed by atoms with Crippen molar-refractivity contribution in [1.82, 2.24) is 30.0 Å². The second-order valence-corrected chi connectivity index (χ2v) is 28.2. The zero-order chi connectivity index (χ0) is 75.8. The molecule has 0 amide bonds. The Morgan fingerprint density at radius 3 is 0.990 bits per heavy atom. The molecule has 0 bridgehead atoms. The number of unbranched alkanes of at least 4 members (excludes halogenated alkanes) is 5. The fraction of sp³-hybridized carbons (Fsp3) is 0.933. The Balaban J connectivity index is 0.676. The van der Waals surface area contributed by atoms with E-state index in [9.17, 15) is 61.3 Å². The van der Waals surface area contributed by atoms with Gasteiger partial charge in [-0.05, 0) is 25.7 Å². The third-order valence-corrected chi connectivity index (χ3v) is 20.6. The quantitative estimate of drug-likeness (QED) is 0.0289. The summed E-state index contributed by atoms with van der Waals surface area (Å²) in [4.78, 5) is 0. The Bertz CT molecular complexity index is 2910. The van der Waals surface area contributed by atoms with Crippen LogP contribution in [0, 0.1) is 0 Å². The van der Waals surface area contributed by atoms with E-state index in [1.165, 1.54) is 9.36 Å². The normalized spacial score (nSPS) is 46.0. The Kier molecular flexibility index (Phi) is 29.6. The van der Waals surface area contributed by atoms with Crippen LogP contribution in [0.25, 0.3) is 0 Å². The van der Waals surface area contributed by atoms with Crippen LogP contribution in [0.2, 0.25) is 1.41 Å². The molecule has 44 heteroatoms. The molecule has 2 aromatic heterocycles. The molecule has 20 unspecified atom stereocenters. The summed E-state index contributed by atoms with van der Waals surface area (Å²) in [6.45, 7) is -0.0941. The second kappa shape index (κ2) is 37.6. The van der Waals surface area contributed by atoms with Crippen LogP contribution in [0.4, 0.5) is 0 Å². The van der Waals surface area contributed by atoms with Gasteiger partial charge in [0, 0.05) is 63.6 Å². The number of rotatable bonds is 34. The molecule has 0 radical (unpaired) electrons. The van der Waals surface area contributed by atoms with Gasteiger partial charge < -0.3 is 196 Å². The molecule has 8 heterocycles. The van der Waals surface area contributed by atoms with Gasteiger partial charge in [0.2, 0.25) is 0 Å². The molecule has 2 aromatic rings. The first-order chi connectivity index (χ1) is 50.2. The van der Waals surface area contributed by atoms with Crippen LogP contribution < -0.4 is 68.8 Å². The lowest BCUT2D eigenvalue weighted by molar-refractivity contribution is -0.306. The highest BCUT2D eigenvalue weighted by atomic mass is 16.8. The van der Waals surface area contributed by atoms with Crippen molar-refractivity contribution < 1.29 is 129 Å². The average molecular weight is 1500 g/mol. The van der Waals surface area contributed by atoms with Gasteiger partial charge in [-0.2, -0.15) is 0 Å². The third-order valence-electron chi connectivity index (χ3n) is 20.6. The number of aliphatic hydroxyl groups is 12. The molecule has 598 valence electrons. The molecule has 6 saturated heterocycles. The van der Waals surface area contributed by atoms with Gasteiger partial charge >= 0.3 is 0 Å². The minimum Gasteiger partial charge on any atom is -0.389 e. The molecule has 44 nitrogen and oxygen atoms in total. The summed E-state index contributed by atoms with van der Waals surface area (Å²) in [5.41, 5.74) is 70.7. The van der Waals surface area contributed by atoms with Crippen LogP contribution in [0.15, 0.2) is 12.4 Å². The van der Waals surface area contributed by atoms with Crippen molar-refractivity contribution in [3.05, 3.63) is 23.8 Å².